The zero-order valence-electron chi connectivity index (χ0n) is 44.0. The number of hydrogen-bond donors (Lipinski definition) is 5. The van der Waals surface area contributed by atoms with Crippen LogP contribution in [0, 0.1) is 24.0 Å². The smallest absolute Gasteiger partial charge is 0.319 e. The van der Waals surface area contributed by atoms with E-state index >= 15 is 8.78 Å². The molecule has 3 saturated heterocycles. The highest BCUT2D eigenvalue weighted by molar-refractivity contribution is 7.13. The monoisotopic (exact) mass is 1060 g/mol. The van der Waals surface area contributed by atoms with Crippen LogP contribution in [0.3, 0.4) is 0 Å². The summed E-state index contributed by atoms with van der Waals surface area (Å²) in [6.07, 6.45) is 2.36. The first-order valence-corrected chi connectivity index (χ1v) is 26.9. The number of aliphatic hydroxyl groups excluding tert-OH is 1. The molecule has 3 aromatic heterocycles. The predicted molar refractivity (Wildman–Crippen MR) is 286 cm³/mol. The number of amides is 3. The average Bonchev–Trinajstić information content (AvgIpc) is 4.17. The van der Waals surface area contributed by atoms with Crippen molar-refractivity contribution < 1.29 is 48.0 Å². The fourth-order valence-electron chi connectivity index (χ4n) is 10.8. The second-order valence-electron chi connectivity index (χ2n) is 21.8. The number of aromatic hydroxyl groups is 1. The molecule has 76 heavy (non-hydrogen) atoms. The number of ether oxygens (including phenoxy) is 2. The molecule has 3 fully saturated rings. The number of likely N-dealkylation sites (tertiary alicyclic amines) is 2. The maximum atomic E-state index is 17.1. The molecule has 17 nitrogen and oxygen atoms in total. The van der Waals surface area contributed by atoms with Crippen molar-refractivity contribution in [1.29, 1.82) is 0 Å². The number of aliphatic hydroxyl groups is 2. The van der Waals surface area contributed by atoms with Gasteiger partial charge in [0.05, 0.1) is 45.8 Å². The van der Waals surface area contributed by atoms with Gasteiger partial charge in [0, 0.05) is 57.4 Å². The van der Waals surface area contributed by atoms with Gasteiger partial charge in [0.1, 0.15) is 53.4 Å². The van der Waals surface area contributed by atoms with E-state index in [1.165, 1.54) is 29.3 Å². The zero-order chi connectivity index (χ0) is 54.2. The number of phenols is 1. The minimum absolute atomic E-state index is 0.0557. The molecule has 3 aromatic carbocycles. The van der Waals surface area contributed by atoms with Crippen LogP contribution >= 0.6 is 11.3 Å². The first-order chi connectivity index (χ1) is 36.2. The molecule has 0 spiro atoms. The molecular weight excluding hydrogens is 997 g/mol. The van der Waals surface area contributed by atoms with Gasteiger partial charge in [-0.25, -0.2) is 13.8 Å². The minimum Gasteiger partial charge on any atom is -0.508 e. The highest BCUT2D eigenvalue weighted by Gasteiger charge is 2.45. The van der Waals surface area contributed by atoms with Crippen LogP contribution in [0.1, 0.15) is 90.1 Å². The molecule has 1 unspecified atom stereocenters. The summed E-state index contributed by atoms with van der Waals surface area (Å²) in [4.78, 5) is 66.1. The Morgan fingerprint density at radius 2 is 1.80 bits per heavy atom. The molecule has 9 rings (SSSR count). The molecule has 6 heterocycles. The topological polar surface area (TPSA) is 216 Å². The standard InChI is InChI=1S/C56H67F2N9O8S/c1-8-39-42(57)15-14-35-22-36(68)23-40(45(35)39)47-46(58)48-41(25-59-47)51(66-18-9-17-56(7,73)29-66)64-54(63-48)75-38-16-19-65(27-38)20-21-74-28-44(70)62-50(55(4,5)6)53(72)67-26-37(69)24-43(67)52(71)61-31(2)33-10-12-34(13-11-33)49-32(3)60-30-76-49/h10-15,22-23,25,30-31,37-38,43,50,68-69,73H,8-9,16-21,24,26-29H2,1-7H3,(H,61,71)(H,62,70)/t31-,37+,38?,43-,50+,56+/m0/s1. The number of β-amino-alcohol motifs (C(OH)–C–C–N with tert-alkyl or cyclic N) is 2. The minimum atomic E-state index is -1.03. The van der Waals surface area contributed by atoms with Crippen molar-refractivity contribution in [3.05, 3.63) is 88.7 Å². The van der Waals surface area contributed by atoms with Gasteiger partial charge in [0.2, 0.25) is 17.7 Å². The van der Waals surface area contributed by atoms with Gasteiger partial charge in [0.15, 0.2) is 5.82 Å². The number of thiazole rings is 1. The number of pyridine rings is 1. The van der Waals surface area contributed by atoms with E-state index in [4.69, 9.17) is 14.5 Å². The molecule has 5 N–H and O–H groups in total. The van der Waals surface area contributed by atoms with Gasteiger partial charge in [-0.3, -0.25) is 24.3 Å². The summed E-state index contributed by atoms with van der Waals surface area (Å²) in [5, 5.41) is 39.7. The lowest BCUT2D eigenvalue weighted by Gasteiger charge is -2.38. The predicted octanol–water partition coefficient (Wildman–Crippen LogP) is 7.01. The number of halogens is 2. The number of fused-ring (bicyclic) bond motifs is 2. The van der Waals surface area contributed by atoms with Crippen molar-refractivity contribution in [1.82, 2.24) is 40.4 Å². The van der Waals surface area contributed by atoms with Crippen molar-refractivity contribution in [3.8, 4) is 33.5 Å². The lowest BCUT2D eigenvalue weighted by molar-refractivity contribution is -0.144. The van der Waals surface area contributed by atoms with Crippen LogP contribution in [0.2, 0.25) is 0 Å². The van der Waals surface area contributed by atoms with Gasteiger partial charge in [0.25, 0.3) is 0 Å². The Hall–Kier alpha value is -6.45. The molecule has 0 bridgehead atoms. The largest absolute Gasteiger partial charge is 0.508 e. The first-order valence-electron chi connectivity index (χ1n) is 26.0. The summed E-state index contributed by atoms with van der Waals surface area (Å²) in [6, 6.07) is 11.2. The summed E-state index contributed by atoms with van der Waals surface area (Å²) in [5.74, 6) is -2.42. The van der Waals surface area contributed by atoms with E-state index < -0.39 is 64.7 Å². The molecule has 404 valence electrons. The molecule has 20 heteroatoms. The van der Waals surface area contributed by atoms with Gasteiger partial charge in [-0.15, -0.1) is 11.3 Å². The fraction of sp³-hybridized carbons (Fsp3) is 0.482. The number of benzene rings is 3. The van der Waals surface area contributed by atoms with E-state index in [0.717, 1.165) is 21.7 Å². The first kappa shape index (κ1) is 54.3. The van der Waals surface area contributed by atoms with Crippen molar-refractivity contribution in [2.45, 2.75) is 117 Å². The number of carbonyl (C=O) groups excluding carboxylic acids is 3. The van der Waals surface area contributed by atoms with Crippen molar-refractivity contribution in [3.63, 3.8) is 0 Å². The van der Waals surface area contributed by atoms with E-state index in [-0.39, 0.29) is 67.3 Å². The highest BCUT2D eigenvalue weighted by atomic mass is 32.1. The third-order valence-corrected chi connectivity index (χ3v) is 15.7. The normalized spacial score (nSPS) is 21.1. The summed E-state index contributed by atoms with van der Waals surface area (Å²) < 4.78 is 44.5. The van der Waals surface area contributed by atoms with Crippen LogP contribution in [0.5, 0.6) is 11.8 Å². The van der Waals surface area contributed by atoms with Gasteiger partial charge in [-0.2, -0.15) is 9.97 Å². The number of rotatable bonds is 16. The molecule has 3 aliphatic rings. The highest BCUT2D eigenvalue weighted by Crippen LogP contribution is 2.40. The number of piperidine rings is 1. The molecule has 3 aliphatic heterocycles. The third-order valence-electron chi connectivity index (χ3n) is 14.7. The molecular formula is C56H67F2N9O8S. The molecule has 6 aromatic rings. The van der Waals surface area contributed by atoms with Gasteiger partial charge in [-0.1, -0.05) is 58.0 Å². The SMILES string of the molecule is CCc1c(F)ccc2cc(O)cc(-c3ncc4c(N5CCC[C@@](C)(O)C5)nc(OC5CCN(CCOCC(=O)N[C@H](C(=O)N6C[C@H](O)C[C@H]6C(=O)N[C@@H](C)c6ccc(-c7scnc7C)cc6)C(C)(C)C)C5)nc4c3F)c12. The van der Waals surface area contributed by atoms with E-state index in [9.17, 15) is 29.7 Å². The van der Waals surface area contributed by atoms with Crippen LogP contribution in [-0.4, -0.2) is 145 Å². The number of nitrogens with zero attached hydrogens (tertiary/aromatic N) is 7. The summed E-state index contributed by atoms with van der Waals surface area (Å²) in [7, 11) is 0. The van der Waals surface area contributed by atoms with E-state index in [2.05, 4.69) is 30.5 Å². The summed E-state index contributed by atoms with van der Waals surface area (Å²) in [5.41, 5.74) is 3.26. The van der Waals surface area contributed by atoms with Crippen LogP contribution in [0.15, 0.2) is 60.2 Å². The van der Waals surface area contributed by atoms with Crippen LogP contribution in [-0.2, 0) is 25.5 Å². The lowest BCUT2D eigenvalue weighted by Crippen LogP contribution is -2.58. The molecule has 0 saturated carbocycles. The maximum absolute atomic E-state index is 17.1. The Morgan fingerprint density at radius 1 is 1.03 bits per heavy atom. The average molecular weight is 1060 g/mol. The molecule has 3 amide bonds. The van der Waals surface area contributed by atoms with Crippen molar-refractivity contribution >= 4 is 56.6 Å². The Morgan fingerprint density at radius 3 is 2.51 bits per heavy atom. The second-order valence-corrected chi connectivity index (χ2v) is 22.6. The Kier molecular flexibility index (Phi) is 15.9. The Balaban J connectivity index is 0.822. The van der Waals surface area contributed by atoms with Crippen LogP contribution < -0.4 is 20.3 Å². The number of carbonyl (C=O) groups is 3. The number of anilines is 1. The lowest BCUT2D eigenvalue weighted by atomic mass is 9.85. The van der Waals surface area contributed by atoms with E-state index in [0.29, 0.717) is 79.4 Å². The number of aryl methyl sites for hydroxylation is 2. The Bertz CT molecular complexity index is 3130. The van der Waals surface area contributed by atoms with Crippen molar-refractivity contribution in [2.75, 3.05) is 57.4 Å². The van der Waals surface area contributed by atoms with Crippen LogP contribution in [0.4, 0.5) is 14.6 Å². The number of phenolic OH excluding ortho intramolecular Hbond substituents is 1. The number of nitrogens with one attached hydrogen (secondary N) is 2. The molecule has 6 atom stereocenters. The number of aromatic nitrogens is 4. The van der Waals surface area contributed by atoms with Gasteiger partial charge < -0.3 is 45.2 Å². The van der Waals surface area contributed by atoms with Crippen LogP contribution in [0.25, 0.3) is 43.4 Å². The zero-order valence-corrected chi connectivity index (χ0v) is 44.8. The van der Waals surface area contributed by atoms with Gasteiger partial charge >= 0.3 is 6.01 Å². The van der Waals surface area contributed by atoms with Gasteiger partial charge in [-0.05, 0) is 97.5 Å². The summed E-state index contributed by atoms with van der Waals surface area (Å²) >= 11 is 1.56. The van der Waals surface area contributed by atoms with E-state index in [1.807, 2.05) is 63.8 Å². The van der Waals surface area contributed by atoms with E-state index in [1.54, 1.807) is 36.8 Å². The third kappa shape index (κ3) is 11.8. The molecule has 0 radical (unpaired) electrons. The maximum Gasteiger partial charge on any atom is 0.319 e. The molecule has 0 aliphatic carbocycles. The second kappa shape index (κ2) is 22.3. The Labute approximate surface area is 444 Å². The summed E-state index contributed by atoms with van der Waals surface area (Å²) in [6.45, 7) is 14.9. The van der Waals surface area contributed by atoms with Crippen molar-refractivity contribution in [2.24, 2.45) is 5.41 Å². The fourth-order valence-corrected chi connectivity index (χ4v) is 11.6. The number of hydrogen-bond acceptors (Lipinski definition) is 15. The quantitative estimate of drug-likeness (QED) is 0.0617.